The van der Waals surface area contributed by atoms with Crippen LogP contribution >= 0.6 is 0 Å². The van der Waals surface area contributed by atoms with Crippen LogP contribution in [0.25, 0.3) is 15.7 Å². The Kier molecular flexibility index (Phi) is 6.73. The minimum atomic E-state index is -0.650. The quantitative estimate of drug-likeness (QED) is 0.344. The zero-order valence-corrected chi connectivity index (χ0v) is 18.4. The summed E-state index contributed by atoms with van der Waals surface area (Å²) >= 11 is 0. The van der Waals surface area contributed by atoms with Crippen LogP contribution in [0.3, 0.4) is 0 Å². The van der Waals surface area contributed by atoms with Crippen molar-refractivity contribution in [3.63, 3.8) is 0 Å². The number of anilines is 1. The van der Waals surface area contributed by atoms with E-state index >= 15 is 0 Å². The lowest BCUT2D eigenvalue weighted by molar-refractivity contribution is 0.0952. The number of methoxy groups -OCH3 is 1. The zero-order chi connectivity index (χ0) is 24.1. The van der Waals surface area contributed by atoms with Crippen molar-refractivity contribution in [3.05, 3.63) is 65.4 Å². The molecule has 1 aromatic heterocycles. The third kappa shape index (κ3) is 5.32. The maximum Gasteiger partial charge on any atom is 0.319 e. The SMILES string of the molecule is [C-]#[N+]CCNC(=O)c1cc2c(Oc3ccc(NC(=O)NC4CC4)c(F)c3)ccnc2cc1OC. The van der Waals surface area contributed by atoms with E-state index in [1.807, 2.05) is 0 Å². The molecule has 3 N–H and O–H groups in total. The zero-order valence-electron chi connectivity index (χ0n) is 18.4. The summed E-state index contributed by atoms with van der Waals surface area (Å²) in [6.45, 7) is 7.21. The van der Waals surface area contributed by atoms with Gasteiger partial charge in [0, 0.05) is 29.8 Å². The van der Waals surface area contributed by atoms with Crippen molar-refractivity contribution in [2.45, 2.75) is 18.9 Å². The third-order valence-electron chi connectivity index (χ3n) is 5.11. The lowest BCUT2D eigenvalue weighted by Gasteiger charge is -2.13. The Morgan fingerprint density at radius 2 is 2.03 bits per heavy atom. The van der Waals surface area contributed by atoms with E-state index in [0.29, 0.717) is 22.4 Å². The molecule has 174 valence electrons. The number of nitrogens with one attached hydrogen (secondary N) is 3. The molecule has 10 heteroatoms. The van der Waals surface area contributed by atoms with Gasteiger partial charge in [0.05, 0.1) is 30.4 Å². The van der Waals surface area contributed by atoms with Crippen LogP contribution in [0, 0.1) is 12.4 Å². The van der Waals surface area contributed by atoms with E-state index in [1.54, 1.807) is 18.2 Å². The molecule has 0 spiro atoms. The van der Waals surface area contributed by atoms with Crippen molar-refractivity contribution in [1.29, 1.82) is 0 Å². The highest BCUT2D eigenvalue weighted by Crippen LogP contribution is 2.34. The molecule has 3 aromatic rings. The predicted molar refractivity (Wildman–Crippen MR) is 124 cm³/mol. The molecule has 1 aliphatic carbocycles. The van der Waals surface area contributed by atoms with Gasteiger partial charge in [0.1, 0.15) is 23.1 Å². The van der Waals surface area contributed by atoms with Crippen LogP contribution in [-0.4, -0.2) is 43.2 Å². The van der Waals surface area contributed by atoms with Gasteiger partial charge in [-0.15, -0.1) is 0 Å². The molecule has 1 fully saturated rings. The van der Waals surface area contributed by atoms with Gasteiger partial charge in [-0.2, -0.15) is 0 Å². The van der Waals surface area contributed by atoms with Crippen molar-refractivity contribution < 1.29 is 23.5 Å². The average molecular weight is 463 g/mol. The summed E-state index contributed by atoms with van der Waals surface area (Å²) in [5, 5.41) is 8.41. The van der Waals surface area contributed by atoms with Gasteiger partial charge in [-0.05, 0) is 37.1 Å². The number of hydrogen-bond donors (Lipinski definition) is 3. The second-order valence-electron chi connectivity index (χ2n) is 7.63. The Bertz CT molecular complexity index is 1290. The van der Waals surface area contributed by atoms with Crippen LogP contribution in [-0.2, 0) is 0 Å². The molecule has 3 amide bonds. The Balaban J connectivity index is 1.58. The van der Waals surface area contributed by atoms with E-state index < -0.39 is 17.8 Å². The number of amides is 3. The summed E-state index contributed by atoms with van der Waals surface area (Å²) < 4.78 is 25.8. The first-order valence-electron chi connectivity index (χ1n) is 10.6. The number of carbonyl (C=O) groups is 2. The largest absolute Gasteiger partial charge is 0.496 e. The van der Waals surface area contributed by atoms with Crippen molar-refractivity contribution in [3.8, 4) is 17.2 Å². The fourth-order valence-electron chi connectivity index (χ4n) is 3.26. The lowest BCUT2D eigenvalue weighted by atomic mass is 10.1. The fourth-order valence-corrected chi connectivity index (χ4v) is 3.26. The number of nitrogens with zero attached hydrogens (tertiary/aromatic N) is 2. The highest BCUT2D eigenvalue weighted by Gasteiger charge is 2.23. The molecule has 0 saturated heterocycles. The molecule has 0 aliphatic heterocycles. The molecule has 2 aromatic carbocycles. The van der Waals surface area contributed by atoms with E-state index in [2.05, 4.69) is 25.8 Å². The number of rotatable bonds is 8. The van der Waals surface area contributed by atoms with Crippen molar-refractivity contribution >= 4 is 28.5 Å². The van der Waals surface area contributed by atoms with Crippen molar-refractivity contribution in [1.82, 2.24) is 15.6 Å². The van der Waals surface area contributed by atoms with Gasteiger partial charge >= 0.3 is 6.03 Å². The number of aromatic nitrogens is 1. The first-order chi connectivity index (χ1) is 16.5. The van der Waals surface area contributed by atoms with Gasteiger partial charge in [0.2, 0.25) is 6.54 Å². The normalized spacial score (nSPS) is 12.5. The molecule has 1 heterocycles. The number of halogens is 1. The molecule has 0 radical (unpaired) electrons. The second kappa shape index (κ2) is 10.0. The molecular formula is C24H22FN5O4. The van der Waals surface area contributed by atoms with Gasteiger partial charge in [-0.1, -0.05) is 0 Å². The number of urea groups is 1. The topological polar surface area (TPSA) is 106 Å². The fraction of sp³-hybridized carbons (Fsp3) is 0.250. The number of ether oxygens (including phenoxy) is 2. The van der Waals surface area contributed by atoms with Gasteiger partial charge in [0.25, 0.3) is 5.91 Å². The van der Waals surface area contributed by atoms with Gasteiger partial charge < -0.3 is 30.3 Å². The molecular weight excluding hydrogens is 441 g/mol. The van der Waals surface area contributed by atoms with E-state index in [9.17, 15) is 14.0 Å². The molecule has 1 aliphatic rings. The summed E-state index contributed by atoms with van der Waals surface area (Å²) in [4.78, 5) is 32.0. The minimum absolute atomic E-state index is 0.0354. The van der Waals surface area contributed by atoms with Crippen molar-refractivity contribution in [2.75, 3.05) is 25.5 Å². The van der Waals surface area contributed by atoms with Gasteiger partial charge in [-0.25, -0.2) is 15.8 Å². The molecule has 1 saturated carbocycles. The van der Waals surface area contributed by atoms with E-state index in [4.69, 9.17) is 16.0 Å². The number of pyridine rings is 1. The van der Waals surface area contributed by atoms with Crippen LogP contribution in [0.2, 0.25) is 0 Å². The highest BCUT2D eigenvalue weighted by molar-refractivity contribution is 6.02. The average Bonchev–Trinajstić information content (AvgIpc) is 3.64. The maximum absolute atomic E-state index is 14.6. The minimum Gasteiger partial charge on any atom is -0.496 e. The third-order valence-corrected chi connectivity index (χ3v) is 5.11. The van der Waals surface area contributed by atoms with Crippen LogP contribution < -0.4 is 25.4 Å². The maximum atomic E-state index is 14.6. The Morgan fingerprint density at radius 1 is 1.21 bits per heavy atom. The molecule has 4 rings (SSSR count). The number of benzene rings is 2. The van der Waals surface area contributed by atoms with Crippen molar-refractivity contribution in [2.24, 2.45) is 0 Å². The monoisotopic (exact) mass is 463 g/mol. The molecule has 34 heavy (non-hydrogen) atoms. The number of carbonyl (C=O) groups excluding carboxylic acids is 2. The highest BCUT2D eigenvalue weighted by atomic mass is 19.1. The number of hydrogen-bond acceptors (Lipinski definition) is 5. The molecule has 0 bridgehead atoms. The van der Waals surface area contributed by atoms with E-state index in [-0.39, 0.29) is 36.1 Å². The summed E-state index contributed by atoms with van der Waals surface area (Å²) in [6.07, 6.45) is 3.39. The second-order valence-corrected chi connectivity index (χ2v) is 7.63. The molecule has 0 atom stereocenters. The summed E-state index contributed by atoms with van der Waals surface area (Å²) in [6, 6.07) is 8.61. The summed E-state index contributed by atoms with van der Waals surface area (Å²) in [5.41, 5.74) is 0.806. The smallest absolute Gasteiger partial charge is 0.319 e. The van der Waals surface area contributed by atoms with Crippen LogP contribution in [0.1, 0.15) is 23.2 Å². The van der Waals surface area contributed by atoms with Gasteiger partial charge in [-0.3, -0.25) is 9.78 Å². The number of fused-ring (bicyclic) bond motifs is 1. The standard InChI is InChI=1S/C24H22FN5O4/c1-26-9-10-28-23(31)17-12-16-20(13-22(17)33-2)27-8-7-21(16)34-15-5-6-19(18(25)11-15)30-24(32)29-14-3-4-14/h5-8,11-14H,3-4,9-10H2,2H3,(H,28,31)(H2,29,30,32). The van der Waals surface area contributed by atoms with Crippen LogP contribution in [0.5, 0.6) is 17.2 Å². The Morgan fingerprint density at radius 3 is 2.74 bits per heavy atom. The summed E-state index contributed by atoms with van der Waals surface area (Å²) in [7, 11) is 1.45. The first kappa shape index (κ1) is 22.8. The molecule has 9 nitrogen and oxygen atoms in total. The van der Waals surface area contributed by atoms with E-state index in [1.165, 1.54) is 31.5 Å². The predicted octanol–water partition coefficient (Wildman–Crippen LogP) is 4.11. The van der Waals surface area contributed by atoms with Crippen LogP contribution in [0.4, 0.5) is 14.9 Å². The first-order valence-corrected chi connectivity index (χ1v) is 10.6. The van der Waals surface area contributed by atoms with Gasteiger partial charge in [0.15, 0.2) is 0 Å². The Labute approximate surface area is 195 Å². The van der Waals surface area contributed by atoms with Crippen LogP contribution in [0.15, 0.2) is 42.6 Å². The van der Waals surface area contributed by atoms with E-state index in [0.717, 1.165) is 12.8 Å². The lowest BCUT2D eigenvalue weighted by Crippen LogP contribution is -2.30. The molecule has 0 unspecified atom stereocenters. The Hall–Kier alpha value is -4.39. The summed E-state index contributed by atoms with van der Waals surface area (Å²) in [5.74, 6) is -0.165.